The van der Waals surface area contributed by atoms with Crippen molar-refractivity contribution >= 4 is 5.96 Å². The van der Waals surface area contributed by atoms with Gasteiger partial charge >= 0.3 is 0 Å². The van der Waals surface area contributed by atoms with E-state index in [9.17, 15) is 0 Å². The van der Waals surface area contributed by atoms with Gasteiger partial charge in [-0.15, -0.1) is 0 Å². The Bertz CT molecular complexity index is 337. The molecule has 0 spiro atoms. The largest absolute Gasteiger partial charge is 0.370 e. The van der Waals surface area contributed by atoms with Crippen molar-refractivity contribution in [2.24, 2.45) is 16.5 Å². The van der Waals surface area contributed by atoms with Crippen molar-refractivity contribution in [3.05, 3.63) is 35.4 Å². The summed E-state index contributed by atoms with van der Waals surface area (Å²) in [6.07, 6.45) is 2.06. The van der Waals surface area contributed by atoms with E-state index in [0.717, 1.165) is 6.42 Å². The van der Waals surface area contributed by atoms with Crippen LogP contribution in [0, 0.1) is 0 Å². The van der Waals surface area contributed by atoms with Crippen LogP contribution in [0.5, 0.6) is 0 Å². The zero-order valence-electron chi connectivity index (χ0n) is 10.1. The molecule has 0 bridgehead atoms. The van der Waals surface area contributed by atoms with Gasteiger partial charge < -0.3 is 11.5 Å². The Hall–Kier alpha value is -1.51. The Balaban J connectivity index is 2.54. The maximum Gasteiger partial charge on any atom is 0.185 e. The minimum Gasteiger partial charge on any atom is -0.370 e. The molecule has 0 heterocycles. The molecular formula is C13H21N3. The first-order valence-corrected chi connectivity index (χ1v) is 5.77. The van der Waals surface area contributed by atoms with Crippen LogP contribution in [-0.2, 0) is 6.42 Å². The van der Waals surface area contributed by atoms with Gasteiger partial charge in [0.25, 0.3) is 0 Å². The summed E-state index contributed by atoms with van der Waals surface area (Å²) in [6, 6.07) is 8.70. The van der Waals surface area contributed by atoms with Crippen molar-refractivity contribution in [3.63, 3.8) is 0 Å². The fourth-order valence-corrected chi connectivity index (χ4v) is 1.56. The van der Waals surface area contributed by atoms with E-state index in [2.05, 4.69) is 43.1 Å². The maximum absolute atomic E-state index is 5.27. The number of guanidine groups is 1. The van der Waals surface area contributed by atoms with Crippen LogP contribution in [0.3, 0.4) is 0 Å². The number of hydrogen-bond donors (Lipinski definition) is 2. The van der Waals surface area contributed by atoms with Gasteiger partial charge in [-0.05, 0) is 29.9 Å². The molecule has 0 aromatic heterocycles. The van der Waals surface area contributed by atoms with Crippen molar-refractivity contribution in [3.8, 4) is 0 Å². The summed E-state index contributed by atoms with van der Waals surface area (Å²) in [5.74, 6) is 0.794. The fraction of sp³-hybridized carbons (Fsp3) is 0.462. The number of nitrogens with two attached hydrogens (primary N) is 2. The number of nitrogens with zero attached hydrogens (tertiary/aromatic N) is 1. The Labute approximate surface area is 97.6 Å². The van der Waals surface area contributed by atoms with Crippen LogP contribution >= 0.6 is 0 Å². The molecule has 0 aliphatic heterocycles. The average molecular weight is 219 g/mol. The van der Waals surface area contributed by atoms with Crippen LogP contribution in [0.25, 0.3) is 0 Å². The van der Waals surface area contributed by atoms with Crippen molar-refractivity contribution in [2.45, 2.75) is 32.6 Å². The van der Waals surface area contributed by atoms with Gasteiger partial charge in [-0.25, -0.2) is 0 Å². The van der Waals surface area contributed by atoms with Crippen molar-refractivity contribution in [1.29, 1.82) is 0 Å². The van der Waals surface area contributed by atoms with Gasteiger partial charge in [-0.2, -0.15) is 0 Å². The third-order valence-electron chi connectivity index (χ3n) is 2.86. The molecule has 0 amide bonds. The van der Waals surface area contributed by atoms with Gasteiger partial charge in [-0.3, -0.25) is 4.99 Å². The molecular weight excluding hydrogens is 198 g/mol. The predicted octanol–water partition coefficient (Wildman–Crippen LogP) is 2.02. The molecule has 16 heavy (non-hydrogen) atoms. The Kier molecular flexibility index (Phi) is 4.83. The second-order valence-electron chi connectivity index (χ2n) is 4.11. The number of benzene rings is 1. The van der Waals surface area contributed by atoms with E-state index in [-0.39, 0.29) is 5.96 Å². The molecule has 4 N–H and O–H groups in total. The maximum atomic E-state index is 5.27. The molecule has 0 aliphatic rings. The number of aliphatic imine (C=N–C) groups is 1. The third-order valence-corrected chi connectivity index (χ3v) is 2.86. The molecule has 0 radical (unpaired) electrons. The van der Waals surface area contributed by atoms with E-state index in [1.54, 1.807) is 0 Å². The van der Waals surface area contributed by atoms with Crippen molar-refractivity contribution < 1.29 is 0 Å². The normalized spacial score (nSPS) is 12.1. The molecule has 1 rings (SSSR count). The molecule has 88 valence electrons. The fourth-order valence-electron chi connectivity index (χ4n) is 1.56. The van der Waals surface area contributed by atoms with Crippen LogP contribution in [0.15, 0.2) is 29.3 Å². The van der Waals surface area contributed by atoms with E-state index >= 15 is 0 Å². The molecule has 0 fully saturated rings. The summed E-state index contributed by atoms with van der Waals surface area (Å²) >= 11 is 0. The number of hydrogen-bond acceptors (Lipinski definition) is 1. The van der Waals surface area contributed by atoms with Crippen LogP contribution in [0.4, 0.5) is 0 Å². The van der Waals surface area contributed by atoms with Gasteiger partial charge in [0.2, 0.25) is 0 Å². The summed E-state index contributed by atoms with van der Waals surface area (Å²) in [7, 11) is 0. The lowest BCUT2D eigenvalue weighted by atomic mass is 9.97. The van der Waals surface area contributed by atoms with Gasteiger partial charge in [0.15, 0.2) is 5.96 Å². The smallest absolute Gasteiger partial charge is 0.185 e. The van der Waals surface area contributed by atoms with Crippen LogP contribution in [0.1, 0.15) is 37.3 Å². The van der Waals surface area contributed by atoms with E-state index in [4.69, 9.17) is 11.5 Å². The Morgan fingerprint density at radius 3 is 2.38 bits per heavy atom. The molecule has 1 unspecified atom stereocenters. The highest BCUT2D eigenvalue weighted by molar-refractivity contribution is 5.75. The van der Waals surface area contributed by atoms with Crippen LogP contribution < -0.4 is 11.5 Å². The SMILES string of the molecule is CCC(C)c1ccc(CCN=C(N)N)cc1. The molecule has 3 heteroatoms. The molecule has 0 aliphatic carbocycles. The highest BCUT2D eigenvalue weighted by Crippen LogP contribution is 2.18. The van der Waals surface area contributed by atoms with Crippen LogP contribution in [0.2, 0.25) is 0 Å². The van der Waals surface area contributed by atoms with E-state index in [0.29, 0.717) is 12.5 Å². The first-order chi connectivity index (χ1) is 7.63. The van der Waals surface area contributed by atoms with E-state index in [1.165, 1.54) is 17.5 Å². The molecule has 0 saturated heterocycles. The highest BCUT2D eigenvalue weighted by atomic mass is 15.0. The third kappa shape index (κ3) is 3.93. The molecule has 3 nitrogen and oxygen atoms in total. The lowest BCUT2D eigenvalue weighted by Gasteiger charge is -2.09. The summed E-state index contributed by atoms with van der Waals surface area (Å²) in [5.41, 5.74) is 13.2. The zero-order valence-corrected chi connectivity index (χ0v) is 10.1. The number of rotatable bonds is 5. The van der Waals surface area contributed by atoms with E-state index < -0.39 is 0 Å². The van der Waals surface area contributed by atoms with Crippen LogP contribution in [-0.4, -0.2) is 12.5 Å². The minimum atomic E-state index is 0.163. The molecule has 1 aromatic rings. The monoisotopic (exact) mass is 219 g/mol. The molecule has 1 aromatic carbocycles. The second kappa shape index (κ2) is 6.16. The standard InChI is InChI=1S/C13H21N3/c1-3-10(2)12-6-4-11(5-7-12)8-9-16-13(14)15/h4-7,10H,3,8-9H2,1-2H3,(H4,14,15,16). The molecule has 1 atom stereocenters. The Morgan fingerprint density at radius 2 is 1.88 bits per heavy atom. The first kappa shape index (κ1) is 12.6. The van der Waals surface area contributed by atoms with Gasteiger partial charge in [0, 0.05) is 6.54 Å². The summed E-state index contributed by atoms with van der Waals surface area (Å²) in [5, 5.41) is 0. The second-order valence-corrected chi connectivity index (χ2v) is 4.11. The predicted molar refractivity (Wildman–Crippen MR) is 69.5 cm³/mol. The summed E-state index contributed by atoms with van der Waals surface area (Å²) in [4.78, 5) is 3.97. The quantitative estimate of drug-likeness (QED) is 0.587. The topological polar surface area (TPSA) is 64.4 Å². The van der Waals surface area contributed by atoms with E-state index in [1.807, 2.05) is 0 Å². The molecule has 0 saturated carbocycles. The highest BCUT2D eigenvalue weighted by Gasteiger charge is 2.01. The van der Waals surface area contributed by atoms with Gasteiger partial charge in [-0.1, -0.05) is 38.1 Å². The lowest BCUT2D eigenvalue weighted by molar-refractivity contribution is 0.733. The van der Waals surface area contributed by atoms with Gasteiger partial charge in [0.05, 0.1) is 0 Å². The zero-order chi connectivity index (χ0) is 12.0. The summed E-state index contributed by atoms with van der Waals surface area (Å²) in [6.45, 7) is 5.11. The van der Waals surface area contributed by atoms with Gasteiger partial charge in [0.1, 0.15) is 0 Å². The Morgan fingerprint density at radius 1 is 1.25 bits per heavy atom. The lowest BCUT2D eigenvalue weighted by Crippen LogP contribution is -2.23. The first-order valence-electron chi connectivity index (χ1n) is 5.77. The minimum absolute atomic E-state index is 0.163. The van der Waals surface area contributed by atoms with Crippen molar-refractivity contribution in [1.82, 2.24) is 0 Å². The van der Waals surface area contributed by atoms with Crippen molar-refractivity contribution in [2.75, 3.05) is 6.54 Å². The average Bonchev–Trinajstić information content (AvgIpc) is 2.28. The summed E-state index contributed by atoms with van der Waals surface area (Å²) < 4.78 is 0.